The minimum atomic E-state index is 0.479. The van der Waals surface area contributed by atoms with E-state index in [4.69, 9.17) is 9.47 Å². The van der Waals surface area contributed by atoms with Gasteiger partial charge < -0.3 is 9.47 Å². The summed E-state index contributed by atoms with van der Waals surface area (Å²) >= 11 is 0. The molecular formula is C13H16O3. The third-order valence-electron chi connectivity index (χ3n) is 2.08. The second-order valence-electron chi connectivity index (χ2n) is 3.19. The highest BCUT2D eigenvalue weighted by Gasteiger charge is 2.08. The third-order valence-corrected chi connectivity index (χ3v) is 2.08. The van der Waals surface area contributed by atoms with Gasteiger partial charge in [-0.2, -0.15) is 0 Å². The Balaban J connectivity index is 2.78. The zero-order chi connectivity index (χ0) is 11.8. The predicted octanol–water partition coefficient (Wildman–Crippen LogP) is 2.85. The van der Waals surface area contributed by atoms with Crippen molar-refractivity contribution in [2.45, 2.75) is 13.3 Å². The monoisotopic (exact) mass is 220 g/mol. The van der Waals surface area contributed by atoms with Crippen LogP contribution in [0.1, 0.15) is 23.7 Å². The van der Waals surface area contributed by atoms with Crippen LogP contribution in [0.15, 0.2) is 30.4 Å². The molecule has 0 atom stereocenters. The van der Waals surface area contributed by atoms with Crippen LogP contribution in [-0.2, 0) is 0 Å². The molecule has 3 nitrogen and oxygen atoms in total. The van der Waals surface area contributed by atoms with E-state index < -0.39 is 0 Å². The lowest BCUT2D eigenvalue weighted by molar-refractivity contribution is 0.112. The molecule has 0 spiro atoms. The van der Waals surface area contributed by atoms with Gasteiger partial charge in [-0.25, -0.2) is 0 Å². The van der Waals surface area contributed by atoms with Crippen molar-refractivity contribution < 1.29 is 14.3 Å². The molecule has 0 bridgehead atoms. The van der Waals surface area contributed by atoms with Crippen LogP contribution in [0.5, 0.6) is 11.5 Å². The summed E-state index contributed by atoms with van der Waals surface area (Å²) in [6.07, 6.45) is 5.70. The summed E-state index contributed by atoms with van der Waals surface area (Å²) in [5.41, 5.74) is 0.500. The first kappa shape index (κ1) is 12.3. The van der Waals surface area contributed by atoms with Crippen molar-refractivity contribution in [2.24, 2.45) is 0 Å². The molecule has 0 saturated carbocycles. The molecule has 1 aromatic carbocycles. The number of aldehydes is 1. The van der Waals surface area contributed by atoms with Crippen LogP contribution in [0.4, 0.5) is 0 Å². The first-order valence-corrected chi connectivity index (χ1v) is 5.23. The number of ether oxygens (including phenoxy) is 2. The van der Waals surface area contributed by atoms with Crippen LogP contribution in [0, 0.1) is 0 Å². The topological polar surface area (TPSA) is 35.5 Å². The van der Waals surface area contributed by atoms with Crippen LogP contribution >= 0.6 is 0 Å². The van der Waals surface area contributed by atoms with E-state index >= 15 is 0 Å². The second-order valence-corrected chi connectivity index (χ2v) is 3.19. The van der Waals surface area contributed by atoms with Gasteiger partial charge in [0.1, 0.15) is 6.61 Å². The number of hydrogen-bond acceptors (Lipinski definition) is 3. The van der Waals surface area contributed by atoms with Crippen molar-refractivity contribution in [3.63, 3.8) is 0 Å². The number of methoxy groups -OCH3 is 1. The SMILES string of the molecule is CC/C=C/COc1cccc(C=O)c1OC. The van der Waals surface area contributed by atoms with Crippen LogP contribution in [-0.4, -0.2) is 20.0 Å². The molecule has 0 aliphatic carbocycles. The molecular weight excluding hydrogens is 204 g/mol. The molecule has 0 radical (unpaired) electrons. The summed E-state index contributed by atoms with van der Waals surface area (Å²) in [6, 6.07) is 5.25. The molecule has 0 amide bonds. The van der Waals surface area contributed by atoms with Crippen LogP contribution in [0.25, 0.3) is 0 Å². The Hall–Kier alpha value is -1.77. The number of hydrogen-bond donors (Lipinski definition) is 0. The molecule has 86 valence electrons. The first-order chi connectivity index (χ1) is 7.83. The minimum Gasteiger partial charge on any atom is -0.492 e. The summed E-state index contributed by atoms with van der Waals surface area (Å²) in [7, 11) is 1.52. The molecule has 0 aliphatic heterocycles. The van der Waals surface area contributed by atoms with E-state index in [1.54, 1.807) is 18.2 Å². The van der Waals surface area contributed by atoms with E-state index in [1.807, 2.05) is 12.2 Å². The van der Waals surface area contributed by atoms with Gasteiger partial charge in [0.05, 0.1) is 12.7 Å². The lowest BCUT2D eigenvalue weighted by Gasteiger charge is -2.10. The van der Waals surface area contributed by atoms with Crippen LogP contribution in [0.3, 0.4) is 0 Å². The molecule has 1 aromatic rings. The Morgan fingerprint density at radius 2 is 2.12 bits per heavy atom. The Morgan fingerprint density at radius 3 is 2.75 bits per heavy atom. The number of carbonyl (C=O) groups is 1. The predicted molar refractivity (Wildman–Crippen MR) is 63.3 cm³/mol. The van der Waals surface area contributed by atoms with Crippen molar-refractivity contribution in [1.82, 2.24) is 0 Å². The largest absolute Gasteiger partial charge is 0.492 e. The molecule has 0 aromatic heterocycles. The minimum absolute atomic E-state index is 0.479. The fourth-order valence-corrected chi connectivity index (χ4v) is 1.33. The van der Waals surface area contributed by atoms with Gasteiger partial charge in [-0.1, -0.05) is 25.1 Å². The standard InChI is InChI=1S/C13H16O3/c1-3-4-5-9-16-12-8-6-7-11(10-14)13(12)15-2/h4-8,10H,3,9H2,1-2H3/b5-4+. The first-order valence-electron chi connectivity index (χ1n) is 5.23. The van der Waals surface area contributed by atoms with Gasteiger partial charge in [-0.3, -0.25) is 4.79 Å². The maximum atomic E-state index is 10.8. The lowest BCUT2D eigenvalue weighted by Crippen LogP contribution is -1.98. The molecule has 0 fully saturated rings. The Kier molecular flexibility index (Phi) is 5.12. The van der Waals surface area contributed by atoms with Crippen molar-refractivity contribution in [1.29, 1.82) is 0 Å². The van der Waals surface area contributed by atoms with E-state index in [1.165, 1.54) is 7.11 Å². The second kappa shape index (κ2) is 6.67. The van der Waals surface area contributed by atoms with E-state index in [0.29, 0.717) is 23.7 Å². The molecule has 0 N–H and O–H groups in total. The van der Waals surface area contributed by atoms with Gasteiger partial charge >= 0.3 is 0 Å². The lowest BCUT2D eigenvalue weighted by atomic mass is 10.2. The highest BCUT2D eigenvalue weighted by Crippen LogP contribution is 2.29. The summed E-state index contributed by atoms with van der Waals surface area (Å²) in [5.74, 6) is 1.08. The van der Waals surface area contributed by atoms with E-state index in [0.717, 1.165) is 12.7 Å². The molecule has 0 unspecified atom stereocenters. The molecule has 3 heteroatoms. The number of allylic oxidation sites excluding steroid dienone is 1. The van der Waals surface area contributed by atoms with Gasteiger partial charge in [0.15, 0.2) is 17.8 Å². The van der Waals surface area contributed by atoms with Gasteiger partial charge in [0, 0.05) is 0 Å². The maximum absolute atomic E-state index is 10.8. The summed E-state index contributed by atoms with van der Waals surface area (Å²) in [4.78, 5) is 10.8. The molecule has 0 aliphatic rings. The fourth-order valence-electron chi connectivity index (χ4n) is 1.33. The smallest absolute Gasteiger partial charge is 0.171 e. The van der Waals surface area contributed by atoms with E-state index in [9.17, 15) is 4.79 Å². The third kappa shape index (κ3) is 3.12. The quantitative estimate of drug-likeness (QED) is 0.546. The van der Waals surface area contributed by atoms with Gasteiger partial charge in [0.2, 0.25) is 0 Å². The zero-order valence-corrected chi connectivity index (χ0v) is 9.60. The summed E-state index contributed by atoms with van der Waals surface area (Å²) < 4.78 is 10.6. The van der Waals surface area contributed by atoms with Crippen LogP contribution in [0.2, 0.25) is 0 Å². The van der Waals surface area contributed by atoms with Gasteiger partial charge in [-0.05, 0) is 18.6 Å². The fraction of sp³-hybridized carbons (Fsp3) is 0.308. The molecule has 16 heavy (non-hydrogen) atoms. The average molecular weight is 220 g/mol. The Morgan fingerprint density at radius 1 is 1.31 bits per heavy atom. The summed E-state index contributed by atoms with van der Waals surface area (Å²) in [5, 5.41) is 0. The molecule has 1 rings (SSSR count). The van der Waals surface area contributed by atoms with Crippen molar-refractivity contribution >= 4 is 6.29 Å². The maximum Gasteiger partial charge on any atom is 0.171 e. The normalized spacial score (nSPS) is 10.4. The van der Waals surface area contributed by atoms with E-state index in [2.05, 4.69) is 6.92 Å². The number of rotatable bonds is 6. The van der Waals surface area contributed by atoms with Gasteiger partial charge in [-0.15, -0.1) is 0 Å². The van der Waals surface area contributed by atoms with Crippen molar-refractivity contribution in [3.8, 4) is 11.5 Å². The van der Waals surface area contributed by atoms with Crippen molar-refractivity contribution in [2.75, 3.05) is 13.7 Å². The van der Waals surface area contributed by atoms with Crippen molar-refractivity contribution in [3.05, 3.63) is 35.9 Å². The van der Waals surface area contributed by atoms with E-state index in [-0.39, 0.29) is 0 Å². The van der Waals surface area contributed by atoms with Crippen LogP contribution < -0.4 is 9.47 Å². The molecule has 0 heterocycles. The zero-order valence-electron chi connectivity index (χ0n) is 9.60. The Bertz CT molecular complexity index is 369. The highest BCUT2D eigenvalue weighted by atomic mass is 16.5. The van der Waals surface area contributed by atoms with Gasteiger partial charge in [0.25, 0.3) is 0 Å². The highest BCUT2D eigenvalue weighted by molar-refractivity contribution is 5.81. The number of benzene rings is 1. The summed E-state index contributed by atoms with van der Waals surface area (Å²) in [6.45, 7) is 2.54. The Labute approximate surface area is 95.7 Å². The number of carbonyl (C=O) groups excluding carboxylic acids is 1. The average Bonchev–Trinajstić information content (AvgIpc) is 2.34. The molecule has 0 saturated heterocycles. The number of para-hydroxylation sites is 1.